The zero-order valence-corrected chi connectivity index (χ0v) is 13.9. The van der Waals surface area contributed by atoms with Crippen molar-refractivity contribution in [3.63, 3.8) is 0 Å². The molecule has 1 aromatic carbocycles. The van der Waals surface area contributed by atoms with Gasteiger partial charge in [0.25, 0.3) is 10.0 Å². The predicted molar refractivity (Wildman–Crippen MR) is 84.7 cm³/mol. The highest BCUT2D eigenvalue weighted by molar-refractivity contribution is 7.89. The monoisotopic (exact) mass is 357 g/mol. The van der Waals surface area contributed by atoms with Gasteiger partial charge in [0.15, 0.2) is 5.03 Å². The third-order valence-electron chi connectivity index (χ3n) is 3.34. The highest BCUT2D eigenvalue weighted by Crippen LogP contribution is 2.19. The average Bonchev–Trinajstić information content (AvgIpc) is 2.92. The summed E-state index contributed by atoms with van der Waals surface area (Å²) < 4.78 is 27.9. The number of aryl methyl sites for hydroxylation is 1. The Labute approximate surface area is 138 Å². The molecule has 1 aromatic heterocycles. The molecule has 2 N–H and O–H groups in total. The summed E-state index contributed by atoms with van der Waals surface area (Å²) >= 11 is 6.02. The molecule has 0 bridgehead atoms. The molecule has 0 aliphatic rings. The first kappa shape index (κ1) is 17.5. The molecule has 1 unspecified atom stereocenters. The maximum absolute atomic E-state index is 12.2. The number of carbonyl (C=O) groups is 1. The lowest BCUT2D eigenvalue weighted by atomic mass is 10.00. The number of benzene rings is 1. The van der Waals surface area contributed by atoms with E-state index >= 15 is 0 Å². The molecule has 0 spiro atoms. The van der Waals surface area contributed by atoms with Gasteiger partial charge in [0.1, 0.15) is 0 Å². The molecule has 1 atom stereocenters. The van der Waals surface area contributed by atoms with Crippen molar-refractivity contribution >= 4 is 27.6 Å². The van der Waals surface area contributed by atoms with E-state index in [1.807, 2.05) is 0 Å². The molecule has 2 rings (SSSR count). The minimum atomic E-state index is -3.82. The van der Waals surface area contributed by atoms with Gasteiger partial charge in [-0.25, -0.2) is 13.1 Å². The van der Waals surface area contributed by atoms with Gasteiger partial charge in [-0.15, -0.1) is 0 Å². The second-order valence-electron chi connectivity index (χ2n) is 4.98. The van der Waals surface area contributed by atoms with E-state index in [0.717, 1.165) is 0 Å². The first-order valence-electron chi connectivity index (χ1n) is 6.75. The Hall–Kier alpha value is -1.90. The van der Waals surface area contributed by atoms with Crippen LogP contribution in [0.5, 0.6) is 0 Å². The lowest BCUT2D eigenvalue weighted by molar-refractivity contribution is -0.141. The first-order valence-corrected chi connectivity index (χ1v) is 8.61. The van der Waals surface area contributed by atoms with E-state index in [1.165, 1.54) is 24.0 Å². The molecule has 7 nitrogen and oxygen atoms in total. The number of nitrogens with one attached hydrogen (secondary N) is 1. The Kier molecular flexibility index (Phi) is 5.40. The molecule has 1 heterocycles. The summed E-state index contributed by atoms with van der Waals surface area (Å²) in [6.45, 7) is -0.242. The third kappa shape index (κ3) is 4.31. The van der Waals surface area contributed by atoms with Gasteiger partial charge in [0, 0.05) is 18.6 Å². The number of hydrogen-bond acceptors (Lipinski definition) is 4. The van der Waals surface area contributed by atoms with Gasteiger partial charge < -0.3 is 5.11 Å². The standard InChI is InChI=1S/C14H16ClN3O4S/c1-18-13(6-7-16-18)23(21,22)17-9-11(14(19)20)8-10-4-2-3-5-12(10)15/h2-7,11,17H,8-9H2,1H3,(H,19,20). The topological polar surface area (TPSA) is 101 Å². The molecule has 0 fully saturated rings. The van der Waals surface area contributed by atoms with Crippen molar-refractivity contribution in [1.82, 2.24) is 14.5 Å². The summed E-state index contributed by atoms with van der Waals surface area (Å²) in [6.07, 6.45) is 1.48. The number of sulfonamides is 1. The van der Waals surface area contributed by atoms with Crippen molar-refractivity contribution in [3.8, 4) is 0 Å². The zero-order valence-electron chi connectivity index (χ0n) is 12.3. The molecule has 0 radical (unpaired) electrons. The molecule has 23 heavy (non-hydrogen) atoms. The molecule has 0 aliphatic heterocycles. The van der Waals surface area contributed by atoms with E-state index in [-0.39, 0.29) is 18.0 Å². The number of aromatic nitrogens is 2. The van der Waals surface area contributed by atoms with Gasteiger partial charge in [-0.2, -0.15) is 5.10 Å². The van der Waals surface area contributed by atoms with Crippen LogP contribution in [-0.4, -0.2) is 35.8 Å². The van der Waals surface area contributed by atoms with Gasteiger partial charge in [-0.1, -0.05) is 29.8 Å². The SMILES string of the molecule is Cn1nccc1S(=O)(=O)NCC(Cc1ccccc1Cl)C(=O)O. The number of carboxylic acids is 1. The second kappa shape index (κ2) is 7.12. The van der Waals surface area contributed by atoms with E-state index in [1.54, 1.807) is 24.3 Å². The smallest absolute Gasteiger partial charge is 0.308 e. The second-order valence-corrected chi connectivity index (χ2v) is 7.10. The Morgan fingerprint density at radius 2 is 2.09 bits per heavy atom. The van der Waals surface area contributed by atoms with Crippen molar-refractivity contribution in [2.24, 2.45) is 13.0 Å². The van der Waals surface area contributed by atoms with Crippen LogP contribution in [0.25, 0.3) is 0 Å². The van der Waals surface area contributed by atoms with Crippen LogP contribution in [0.15, 0.2) is 41.6 Å². The van der Waals surface area contributed by atoms with E-state index in [2.05, 4.69) is 9.82 Å². The van der Waals surface area contributed by atoms with Crippen molar-refractivity contribution < 1.29 is 18.3 Å². The minimum Gasteiger partial charge on any atom is -0.481 e. The van der Waals surface area contributed by atoms with Crippen LogP contribution >= 0.6 is 11.6 Å². The van der Waals surface area contributed by atoms with E-state index in [9.17, 15) is 18.3 Å². The van der Waals surface area contributed by atoms with Crippen molar-refractivity contribution in [2.45, 2.75) is 11.4 Å². The lowest BCUT2D eigenvalue weighted by Crippen LogP contribution is -2.35. The Balaban J connectivity index is 2.11. The van der Waals surface area contributed by atoms with Crippen molar-refractivity contribution in [1.29, 1.82) is 0 Å². The van der Waals surface area contributed by atoms with Crippen LogP contribution in [-0.2, 0) is 28.3 Å². The number of nitrogens with zero attached hydrogens (tertiary/aromatic N) is 2. The van der Waals surface area contributed by atoms with E-state index in [4.69, 9.17) is 11.6 Å². The van der Waals surface area contributed by atoms with Gasteiger partial charge in [-0.05, 0) is 24.1 Å². The van der Waals surface area contributed by atoms with Crippen molar-refractivity contribution in [3.05, 3.63) is 47.1 Å². The van der Waals surface area contributed by atoms with Crippen LogP contribution < -0.4 is 4.72 Å². The Morgan fingerprint density at radius 1 is 1.39 bits per heavy atom. The highest BCUT2D eigenvalue weighted by atomic mass is 35.5. The maximum atomic E-state index is 12.2. The summed E-state index contributed by atoms with van der Waals surface area (Å²) in [5.41, 5.74) is 0.654. The highest BCUT2D eigenvalue weighted by Gasteiger charge is 2.24. The number of rotatable bonds is 7. The van der Waals surface area contributed by atoms with Crippen LogP contribution in [0.4, 0.5) is 0 Å². The van der Waals surface area contributed by atoms with Crippen LogP contribution in [0.2, 0.25) is 5.02 Å². The molecule has 2 aromatic rings. The van der Waals surface area contributed by atoms with E-state index < -0.39 is 21.9 Å². The normalized spacial score (nSPS) is 13.0. The summed E-state index contributed by atoms with van der Waals surface area (Å²) in [4.78, 5) is 11.4. The predicted octanol–water partition coefficient (Wildman–Crippen LogP) is 1.30. The quantitative estimate of drug-likeness (QED) is 0.777. The van der Waals surface area contributed by atoms with Crippen LogP contribution in [0.1, 0.15) is 5.56 Å². The number of aliphatic carboxylic acids is 1. The fourth-order valence-electron chi connectivity index (χ4n) is 2.09. The summed E-state index contributed by atoms with van der Waals surface area (Å²) in [5, 5.41) is 13.5. The lowest BCUT2D eigenvalue weighted by Gasteiger charge is -2.14. The number of carboxylic acid groups (broad SMARTS) is 1. The zero-order chi connectivity index (χ0) is 17.0. The molecule has 0 aliphatic carbocycles. The molecule has 9 heteroatoms. The summed E-state index contributed by atoms with van der Waals surface area (Å²) in [7, 11) is -2.33. The minimum absolute atomic E-state index is 0.0283. The van der Waals surface area contributed by atoms with Crippen LogP contribution in [0, 0.1) is 5.92 Å². The molecule has 0 amide bonds. The van der Waals surface area contributed by atoms with Crippen LogP contribution in [0.3, 0.4) is 0 Å². The summed E-state index contributed by atoms with van der Waals surface area (Å²) in [5.74, 6) is -2.03. The average molecular weight is 358 g/mol. The maximum Gasteiger partial charge on any atom is 0.308 e. The van der Waals surface area contributed by atoms with Gasteiger partial charge in [-0.3, -0.25) is 9.48 Å². The Morgan fingerprint density at radius 3 is 2.65 bits per heavy atom. The van der Waals surface area contributed by atoms with Gasteiger partial charge >= 0.3 is 5.97 Å². The fraction of sp³-hybridized carbons (Fsp3) is 0.286. The first-order chi connectivity index (χ1) is 10.8. The third-order valence-corrected chi connectivity index (χ3v) is 5.21. The largest absolute Gasteiger partial charge is 0.481 e. The molecular formula is C14H16ClN3O4S. The fourth-order valence-corrected chi connectivity index (χ4v) is 3.50. The summed E-state index contributed by atoms with van der Waals surface area (Å²) in [6, 6.07) is 8.21. The Bertz CT molecular complexity index is 804. The van der Waals surface area contributed by atoms with Gasteiger partial charge in [0.2, 0.25) is 0 Å². The molecule has 0 saturated carbocycles. The number of halogens is 1. The van der Waals surface area contributed by atoms with E-state index in [0.29, 0.717) is 10.6 Å². The molecular weight excluding hydrogens is 342 g/mol. The molecule has 0 saturated heterocycles. The van der Waals surface area contributed by atoms with Gasteiger partial charge in [0.05, 0.1) is 12.1 Å². The number of hydrogen-bond donors (Lipinski definition) is 2. The van der Waals surface area contributed by atoms with Crippen molar-refractivity contribution in [2.75, 3.05) is 6.54 Å². The molecule has 124 valence electrons.